The molecule has 1 nitrogen and oxygen atoms in total. The Balaban J connectivity index is 2.16. The van der Waals surface area contributed by atoms with Crippen LogP contribution in [0.5, 0.6) is 0 Å². The summed E-state index contributed by atoms with van der Waals surface area (Å²) in [7, 11) is 0. The maximum atomic E-state index is 6.17. The number of nitrogens with one attached hydrogen (secondary N) is 1. The highest BCUT2D eigenvalue weighted by Gasteiger charge is 2.07. The molecule has 0 spiro atoms. The Morgan fingerprint density at radius 3 is 2.83 bits per heavy atom. The molecule has 0 saturated carbocycles. The van der Waals surface area contributed by atoms with Crippen molar-refractivity contribution in [2.24, 2.45) is 0 Å². The predicted octanol–water partition coefficient (Wildman–Crippen LogP) is 4.88. The lowest BCUT2D eigenvalue weighted by Gasteiger charge is -2.04. The van der Waals surface area contributed by atoms with Crippen LogP contribution < -0.4 is 5.32 Å². The number of hydrogen-bond donors (Lipinski definition) is 1. The van der Waals surface area contributed by atoms with E-state index in [1.807, 2.05) is 23.5 Å². The summed E-state index contributed by atoms with van der Waals surface area (Å²) in [6.45, 7) is 6.29. The van der Waals surface area contributed by atoms with Crippen LogP contribution in [0.2, 0.25) is 5.02 Å². The quantitative estimate of drug-likeness (QED) is 0.770. The van der Waals surface area contributed by atoms with Crippen LogP contribution >= 0.6 is 22.9 Å². The Hall–Kier alpha value is -0.830. The van der Waals surface area contributed by atoms with E-state index in [-0.39, 0.29) is 0 Å². The van der Waals surface area contributed by atoms with Gasteiger partial charge in [0.15, 0.2) is 0 Å². The third kappa shape index (κ3) is 3.14. The number of rotatable bonds is 5. The zero-order valence-corrected chi connectivity index (χ0v) is 12.4. The van der Waals surface area contributed by atoms with Crippen LogP contribution in [-0.2, 0) is 6.54 Å². The van der Waals surface area contributed by atoms with E-state index in [1.54, 1.807) is 0 Å². The minimum atomic E-state index is 0.839. The molecule has 0 saturated heterocycles. The van der Waals surface area contributed by atoms with Crippen molar-refractivity contribution in [1.82, 2.24) is 5.32 Å². The van der Waals surface area contributed by atoms with Crippen molar-refractivity contribution in [2.75, 3.05) is 6.54 Å². The summed E-state index contributed by atoms with van der Waals surface area (Å²) in [6.07, 6.45) is 1.17. The van der Waals surface area contributed by atoms with Gasteiger partial charge in [-0.05, 0) is 49.2 Å². The summed E-state index contributed by atoms with van der Waals surface area (Å²) in [6, 6.07) is 10.5. The van der Waals surface area contributed by atoms with Crippen molar-refractivity contribution in [3.63, 3.8) is 0 Å². The Labute approximate surface area is 118 Å². The summed E-state index contributed by atoms with van der Waals surface area (Å²) in [5, 5.41) is 4.27. The van der Waals surface area contributed by atoms with E-state index in [9.17, 15) is 0 Å². The summed E-state index contributed by atoms with van der Waals surface area (Å²) in [5.41, 5.74) is 2.41. The van der Waals surface area contributed by atoms with Gasteiger partial charge in [0.25, 0.3) is 0 Å². The molecular weight excluding hydrogens is 262 g/mol. The lowest BCUT2D eigenvalue weighted by atomic mass is 10.1. The largest absolute Gasteiger partial charge is 0.312 e. The number of benzene rings is 1. The van der Waals surface area contributed by atoms with Gasteiger partial charge in [-0.3, -0.25) is 0 Å². The Kier molecular flexibility index (Phi) is 4.81. The predicted molar refractivity (Wildman–Crippen MR) is 81.5 cm³/mol. The van der Waals surface area contributed by atoms with E-state index in [2.05, 4.69) is 37.4 Å². The van der Waals surface area contributed by atoms with Crippen molar-refractivity contribution in [2.45, 2.75) is 26.8 Å². The second kappa shape index (κ2) is 6.37. The molecule has 0 aliphatic carbocycles. The number of thiophene rings is 1. The minimum absolute atomic E-state index is 0.839. The standard InChI is InChI=1S/C15H18ClNS/c1-3-9-17-10-12-7-8-15(18-12)13-5-4-6-14(16)11(13)2/h4-8,17H,3,9-10H2,1-2H3. The van der Waals surface area contributed by atoms with Crippen LogP contribution in [0, 0.1) is 6.92 Å². The Bertz CT molecular complexity index is 519. The molecule has 2 aromatic rings. The average molecular weight is 280 g/mol. The average Bonchev–Trinajstić information content (AvgIpc) is 2.82. The van der Waals surface area contributed by atoms with E-state index in [1.165, 1.54) is 21.7 Å². The van der Waals surface area contributed by atoms with Crippen molar-refractivity contribution in [3.8, 4) is 10.4 Å². The lowest BCUT2D eigenvalue weighted by Crippen LogP contribution is -2.12. The first-order valence-electron chi connectivity index (χ1n) is 6.27. The van der Waals surface area contributed by atoms with Gasteiger partial charge < -0.3 is 5.32 Å². The van der Waals surface area contributed by atoms with Gasteiger partial charge in [0.2, 0.25) is 0 Å². The molecule has 2 rings (SSSR count). The number of halogens is 1. The van der Waals surface area contributed by atoms with Gasteiger partial charge in [-0.1, -0.05) is 30.7 Å². The molecule has 1 N–H and O–H groups in total. The van der Waals surface area contributed by atoms with Crippen molar-refractivity contribution >= 4 is 22.9 Å². The van der Waals surface area contributed by atoms with Crippen molar-refractivity contribution in [1.29, 1.82) is 0 Å². The first-order valence-corrected chi connectivity index (χ1v) is 7.46. The van der Waals surface area contributed by atoms with Crippen LogP contribution in [0.15, 0.2) is 30.3 Å². The molecule has 0 fully saturated rings. The van der Waals surface area contributed by atoms with E-state index >= 15 is 0 Å². The van der Waals surface area contributed by atoms with Gasteiger partial charge in [0.05, 0.1) is 0 Å². The van der Waals surface area contributed by atoms with E-state index in [0.29, 0.717) is 0 Å². The van der Waals surface area contributed by atoms with Crippen LogP contribution in [0.25, 0.3) is 10.4 Å². The van der Waals surface area contributed by atoms with Gasteiger partial charge in [-0.2, -0.15) is 0 Å². The molecule has 0 aliphatic heterocycles. The second-order valence-corrected chi connectivity index (χ2v) is 5.93. The monoisotopic (exact) mass is 279 g/mol. The molecule has 1 aromatic carbocycles. The SMILES string of the molecule is CCCNCc1ccc(-c2cccc(Cl)c2C)s1. The third-order valence-electron chi connectivity index (χ3n) is 2.92. The summed E-state index contributed by atoms with van der Waals surface area (Å²) < 4.78 is 0. The van der Waals surface area contributed by atoms with Crippen molar-refractivity contribution in [3.05, 3.63) is 45.8 Å². The minimum Gasteiger partial charge on any atom is -0.312 e. The zero-order valence-electron chi connectivity index (χ0n) is 10.8. The van der Waals surface area contributed by atoms with Crippen LogP contribution in [-0.4, -0.2) is 6.54 Å². The summed E-state index contributed by atoms with van der Waals surface area (Å²) in [5.74, 6) is 0. The maximum Gasteiger partial charge on any atom is 0.0441 e. The van der Waals surface area contributed by atoms with E-state index < -0.39 is 0 Å². The first-order chi connectivity index (χ1) is 8.72. The fourth-order valence-electron chi connectivity index (χ4n) is 1.88. The van der Waals surface area contributed by atoms with Gasteiger partial charge in [-0.25, -0.2) is 0 Å². The normalized spacial score (nSPS) is 10.8. The van der Waals surface area contributed by atoms with Crippen LogP contribution in [0.3, 0.4) is 0 Å². The highest BCUT2D eigenvalue weighted by Crippen LogP contribution is 2.33. The molecule has 1 heterocycles. The highest BCUT2D eigenvalue weighted by atomic mass is 35.5. The van der Waals surface area contributed by atoms with Gasteiger partial charge >= 0.3 is 0 Å². The molecule has 18 heavy (non-hydrogen) atoms. The zero-order chi connectivity index (χ0) is 13.0. The lowest BCUT2D eigenvalue weighted by molar-refractivity contribution is 0.681. The van der Waals surface area contributed by atoms with Gasteiger partial charge in [0.1, 0.15) is 0 Å². The summed E-state index contributed by atoms with van der Waals surface area (Å²) in [4.78, 5) is 2.67. The molecule has 96 valence electrons. The van der Waals surface area contributed by atoms with Crippen molar-refractivity contribution < 1.29 is 0 Å². The molecule has 0 amide bonds. The second-order valence-electron chi connectivity index (χ2n) is 4.36. The molecule has 3 heteroatoms. The molecule has 0 atom stereocenters. The van der Waals surface area contributed by atoms with Crippen LogP contribution in [0.1, 0.15) is 23.8 Å². The van der Waals surface area contributed by atoms with E-state index in [0.717, 1.165) is 23.7 Å². The van der Waals surface area contributed by atoms with Gasteiger partial charge in [0, 0.05) is 21.3 Å². The first kappa shape index (κ1) is 13.6. The molecule has 0 aliphatic rings. The smallest absolute Gasteiger partial charge is 0.0441 e. The van der Waals surface area contributed by atoms with E-state index in [4.69, 9.17) is 11.6 Å². The fourth-order valence-corrected chi connectivity index (χ4v) is 3.11. The number of hydrogen-bond acceptors (Lipinski definition) is 2. The molecule has 0 radical (unpaired) electrons. The van der Waals surface area contributed by atoms with Crippen LogP contribution in [0.4, 0.5) is 0 Å². The summed E-state index contributed by atoms with van der Waals surface area (Å²) >= 11 is 8.00. The maximum absolute atomic E-state index is 6.17. The highest BCUT2D eigenvalue weighted by molar-refractivity contribution is 7.15. The topological polar surface area (TPSA) is 12.0 Å². The molecule has 1 aromatic heterocycles. The molecular formula is C15H18ClNS. The Morgan fingerprint density at radius 2 is 2.06 bits per heavy atom. The fraction of sp³-hybridized carbons (Fsp3) is 0.333. The van der Waals surface area contributed by atoms with Gasteiger partial charge in [-0.15, -0.1) is 11.3 Å². The molecule has 0 unspecified atom stereocenters. The molecule has 0 bridgehead atoms. The third-order valence-corrected chi connectivity index (χ3v) is 4.45. The Morgan fingerprint density at radius 1 is 1.22 bits per heavy atom.